The minimum atomic E-state index is 0.548. The summed E-state index contributed by atoms with van der Waals surface area (Å²) < 4.78 is 6.01. The molecule has 1 aliphatic heterocycles. The smallest absolute Gasteiger partial charge is 0.233 e. The van der Waals surface area contributed by atoms with Crippen LogP contribution in [0.25, 0.3) is 0 Å². The summed E-state index contributed by atoms with van der Waals surface area (Å²) in [7, 11) is 3.70. The number of aromatic nitrogens is 2. The van der Waals surface area contributed by atoms with E-state index in [1.54, 1.807) is 13.3 Å². The summed E-state index contributed by atoms with van der Waals surface area (Å²) in [6.07, 6.45) is 1.72. The van der Waals surface area contributed by atoms with Crippen LogP contribution in [0.3, 0.4) is 0 Å². The van der Waals surface area contributed by atoms with E-state index in [1.807, 2.05) is 12.1 Å². The Balaban J connectivity index is 2.05. The fourth-order valence-electron chi connectivity index (χ4n) is 2.33. The number of hydrogen-bond acceptors (Lipinski definition) is 5. The first-order valence-electron chi connectivity index (χ1n) is 6.35. The highest BCUT2D eigenvalue weighted by Gasteiger charge is 2.23. The molecule has 104 valence electrons. The molecule has 0 fully saturated rings. The molecule has 5 nitrogen and oxygen atoms in total. The Kier molecular flexibility index (Phi) is 3.48. The lowest BCUT2D eigenvalue weighted by Crippen LogP contribution is -2.37. The second-order valence-electron chi connectivity index (χ2n) is 4.59. The van der Waals surface area contributed by atoms with Gasteiger partial charge < -0.3 is 14.5 Å². The van der Waals surface area contributed by atoms with Gasteiger partial charge in [0.15, 0.2) is 0 Å². The van der Waals surface area contributed by atoms with Crippen LogP contribution in [-0.2, 0) is 0 Å². The quantitative estimate of drug-likeness (QED) is 0.844. The number of benzene rings is 1. The van der Waals surface area contributed by atoms with Gasteiger partial charge in [0.25, 0.3) is 0 Å². The van der Waals surface area contributed by atoms with E-state index in [0.717, 1.165) is 23.2 Å². The van der Waals surface area contributed by atoms with Crippen molar-refractivity contribution < 1.29 is 4.74 Å². The molecule has 0 radical (unpaired) electrons. The van der Waals surface area contributed by atoms with Crippen molar-refractivity contribution in [2.75, 3.05) is 37.0 Å². The van der Waals surface area contributed by atoms with Crippen LogP contribution in [0.2, 0.25) is 0 Å². The highest BCUT2D eigenvalue weighted by atomic mass is 79.9. The fraction of sp³-hybridized carbons (Fsp3) is 0.286. The maximum absolute atomic E-state index is 5.25. The third-order valence-corrected chi connectivity index (χ3v) is 3.92. The van der Waals surface area contributed by atoms with Crippen molar-refractivity contribution in [2.24, 2.45) is 0 Å². The normalized spacial score (nSPS) is 14.2. The third kappa shape index (κ3) is 2.20. The van der Waals surface area contributed by atoms with E-state index in [2.05, 4.69) is 54.9 Å². The van der Waals surface area contributed by atoms with Gasteiger partial charge in [0.1, 0.15) is 0 Å². The minimum absolute atomic E-state index is 0.548. The second-order valence-corrected chi connectivity index (χ2v) is 5.44. The average molecular weight is 335 g/mol. The van der Waals surface area contributed by atoms with Gasteiger partial charge in [-0.1, -0.05) is 12.1 Å². The standard InChI is InChI=1S/C14H15BrN4O/c1-18-7-8-19(12-6-4-3-5-11(12)18)14-16-9-10(15)13(17-14)20-2/h3-6,9H,7-8H2,1-2H3. The van der Waals surface area contributed by atoms with Crippen molar-refractivity contribution in [1.29, 1.82) is 0 Å². The molecule has 20 heavy (non-hydrogen) atoms. The van der Waals surface area contributed by atoms with E-state index < -0.39 is 0 Å². The number of fused-ring (bicyclic) bond motifs is 1. The molecule has 0 bridgehead atoms. The molecule has 3 rings (SSSR count). The van der Waals surface area contributed by atoms with Gasteiger partial charge in [0, 0.05) is 20.1 Å². The van der Waals surface area contributed by atoms with Crippen LogP contribution in [0.4, 0.5) is 17.3 Å². The topological polar surface area (TPSA) is 41.5 Å². The molecule has 0 saturated carbocycles. The summed E-state index contributed by atoms with van der Waals surface area (Å²) in [5, 5.41) is 0. The van der Waals surface area contributed by atoms with E-state index in [4.69, 9.17) is 4.74 Å². The third-order valence-electron chi connectivity index (χ3n) is 3.38. The van der Waals surface area contributed by atoms with Gasteiger partial charge >= 0.3 is 0 Å². The van der Waals surface area contributed by atoms with Gasteiger partial charge in [-0.05, 0) is 28.1 Å². The van der Waals surface area contributed by atoms with Crippen LogP contribution in [0.1, 0.15) is 0 Å². The molecular formula is C14H15BrN4O. The monoisotopic (exact) mass is 334 g/mol. The van der Waals surface area contributed by atoms with Crippen LogP contribution in [0.15, 0.2) is 34.9 Å². The number of hydrogen-bond donors (Lipinski definition) is 0. The molecule has 1 aromatic heterocycles. The summed E-state index contributed by atoms with van der Waals surface area (Å²) in [5.41, 5.74) is 2.30. The lowest BCUT2D eigenvalue weighted by atomic mass is 10.2. The zero-order chi connectivity index (χ0) is 14.1. The number of rotatable bonds is 2. The molecule has 0 unspecified atom stereocenters. The second kappa shape index (κ2) is 5.28. The molecule has 0 spiro atoms. The van der Waals surface area contributed by atoms with Crippen LogP contribution in [0.5, 0.6) is 5.88 Å². The van der Waals surface area contributed by atoms with Gasteiger partial charge in [0.2, 0.25) is 11.8 Å². The van der Waals surface area contributed by atoms with Crippen LogP contribution in [0, 0.1) is 0 Å². The zero-order valence-corrected chi connectivity index (χ0v) is 13.0. The van der Waals surface area contributed by atoms with Gasteiger partial charge in [0.05, 0.1) is 29.2 Å². The van der Waals surface area contributed by atoms with E-state index in [0.29, 0.717) is 11.8 Å². The number of para-hydroxylation sites is 2. The summed E-state index contributed by atoms with van der Waals surface area (Å²) >= 11 is 3.38. The Bertz CT molecular complexity index is 634. The van der Waals surface area contributed by atoms with Crippen LogP contribution >= 0.6 is 15.9 Å². The van der Waals surface area contributed by atoms with Gasteiger partial charge in [-0.25, -0.2) is 4.98 Å². The fourth-order valence-corrected chi connectivity index (χ4v) is 2.68. The predicted molar refractivity (Wildman–Crippen MR) is 83.0 cm³/mol. The van der Waals surface area contributed by atoms with Crippen molar-refractivity contribution in [3.63, 3.8) is 0 Å². The molecule has 0 atom stereocenters. The maximum atomic E-state index is 5.25. The van der Waals surface area contributed by atoms with E-state index >= 15 is 0 Å². The molecule has 0 saturated heterocycles. The summed E-state index contributed by atoms with van der Waals surface area (Å²) in [6.45, 7) is 1.77. The van der Waals surface area contributed by atoms with Crippen LogP contribution in [-0.4, -0.2) is 37.2 Å². The van der Waals surface area contributed by atoms with Gasteiger partial charge in [-0.2, -0.15) is 4.98 Å². The lowest BCUT2D eigenvalue weighted by Gasteiger charge is -2.35. The summed E-state index contributed by atoms with van der Waals surface area (Å²) in [4.78, 5) is 13.2. The van der Waals surface area contributed by atoms with Crippen molar-refractivity contribution in [3.8, 4) is 5.88 Å². The summed E-state index contributed by atoms with van der Waals surface area (Å²) in [6, 6.07) is 8.27. The molecule has 6 heteroatoms. The number of ether oxygens (including phenoxy) is 1. The Morgan fingerprint density at radius 1 is 1.20 bits per heavy atom. The molecule has 2 aromatic rings. The number of halogens is 1. The predicted octanol–water partition coefficient (Wildman–Crippen LogP) is 2.84. The Hall–Kier alpha value is -1.82. The number of methoxy groups -OCH3 is 1. The van der Waals surface area contributed by atoms with Gasteiger partial charge in [-0.15, -0.1) is 0 Å². The van der Waals surface area contributed by atoms with Crippen molar-refractivity contribution in [1.82, 2.24) is 9.97 Å². The first-order chi connectivity index (χ1) is 9.70. The largest absolute Gasteiger partial charge is 0.480 e. The SMILES string of the molecule is COc1nc(N2CCN(C)c3ccccc32)ncc1Br. The Morgan fingerprint density at radius 3 is 2.70 bits per heavy atom. The molecule has 2 heterocycles. The molecule has 0 N–H and O–H groups in total. The van der Waals surface area contributed by atoms with Crippen molar-refractivity contribution in [2.45, 2.75) is 0 Å². The molecule has 1 aromatic carbocycles. The van der Waals surface area contributed by atoms with Crippen LogP contribution < -0.4 is 14.5 Å². The van der Waals surface area contributed by atoms with E-state index in [-0.39, 0.29) is 0 Å². The Morgan fingerprint density at radius 2 is 1.95 bits per heavy atom. The average Bonchev–Trinajstić information content (AvgIpc) is 2.49. The summed E-state index contributed by atoms with van der Waals surface area (Å²) in [5.74, 6) is 1.21. The number of likely N-dealkylation sites (N-methyl/N-ethyl adjacent to an activating group) is 1. The first kappa shape index (κ1) is 13.2. The number of anilines is 3. The molecule has 0 amide bonds. The zero-order valence-electron chi connectivity index (χ0n) is 11.4. The maximum Gasteiger partial charge on any atom is 0.233 e. The number of nitrogens with zero attached hydrogens (tertiary/aromatic N) is 4. The highest BCUT2D eigenvalue weighted by Crippen LogP contribution is 2.36. The minimum Gasteiger partial charge on any atom is -0.480 e. The van der Waals surface area contributed by atoms with Gasteiger partial charge in [-0.3, -0.25) is 0 Å². The van der Waals surface area contributed by atoms with E-state index in [1.165, 1.54) is 5.69 Å². The molecule has 0 aliphatic carbocycles. The highest BCUT2D eigenvalue weighted by molar-refractivity contribution is 9.10. The molecular weight excluding hydrogens is 320 g/mol. The Labute approximate surface area is 126 Å². The molecule has 1 aliphatic rings. The van der Waals surface area contributed by atoms with E-state index in [9.17, 15) is 0 Å². The van der Waals surface area contributed by atoms with Crippen molar-refractivity contribution in [3.05, 3.63) is 34.9 Å². The first-order valence-corrected chi connectivity index (χ1v) is 7.14. The lowest BCUT2D eigenvalue weighted by molar-refractivity contribution is 0.394. The van der Waals surface area contributed by atoms with Crippen molar-refractivity contribution >= 4 is 33.3 Å².